The first-order valence-electron chi connectivity index (χ1n) is 20.3. The van der Waals surface area contributed by atoms with E-state index in [1.165, 1.54) is 11.1 Å². The predicted molar refractivity (Wildman–Crippen MR) is 212 cm³/mol. The van der Waals surface area contributed by atoms with Crippen LogP contribution in [0.3, 0.4) is 0 Å². The normalized spacial score (nSPS) is 16.7. The summed E-state index contributed by atoms with van der Waals surface area (Å²) in [6.07, 6.45) is 0. The second kappa shape index (κ2) is 11.2. The van der Waals surface area contributed by atoms with Crippen LogP contribution in [0.15, 0.2) is 158 Å². The fraction of sp³-hybridized carbons (Fsp3) is 0.143. The van der Waals surface area contributed by atoms with E-state index in [2.05, 4.69) is 123 Å². The smallest absolute Gasteiger partial charge is 0.0543 e. The van der Waals surface area contributed by atoms with Crippen LogP contribution in [0.1, 0.15) is 63.6 Å². The largest absolute Gasteiger partial charge is 0.309 e. The number of nitrogens with zero attached hydrogens (tertiary/aromatic N) is 1. The van der Waals surface area contributed by atoms with Crippen molar-refractivity contribution in [1.29, 1.82) is 0 Å². The number of rotatable bonds is 5. The highest BCUT2D eigenvalue weighted by Gasteiger charge is 2.39. The van der Waals surface area contributed by atoms with Crippen LogP contribution in [0.25, 0.3) is 44.5 Å². The zero-order valence-corrected chi connectivity index (χ0v) is 28.5. The summed E-state index contributed by atoms with van der Waals surface area (Å²) < 4.78 is 53.6. The van der Waals surface area contributed by atoms with Gasteiger partial charge in [-0.05, 0) is 92.9 Å². The van der Waals surface area contributed by atoms with Crippen molar-refractivity contribution in [3.05, 3.63) is 186 Å². The Morgan fingerprint density at radius 2 is 1.08 bits per heavy atom. The zero-order chi connectivity index (χ0) is 39.2. The van der Waals surface area contributed by atoms with Crippen LogP contribution in [0.2, 0.25) is 0 Å². The number of aryl methyl sites for hydroxylation is 1. The lowest BCUT2D eigenvalue weighted by Crippen LogP contribution is -2.18. The second-order valence-electron chi connectivity index (χ2n) is 14.2. The van der Waals surface area contributed by atoms with Crippen LogP contribution in [0.4, 0.5) is 17.1 Å². The molecule has 0 saturated heterocycles. The molecule has 0 atom stereocenters. The van der Waals surface area contributed by atoms with Crippen molar-refractivity contribution in [2.75, 3.05) is 4.90 Å². The molecule has 2 aliphatic rings. The summed E-state index contributed by atoms with van der Waals surface area (Å²) in [5, 5.41) is 0. The lowest BCUT2D eigenvalue weighted by molar-refractivity contribution is 0.660. The third-order valence-corrected chi connectivity index (χ3v) is 10.8. The van der Waals surface area contributed by atoms with Crippen molar-refractivity contribution >= 4 is 17.1 Å². The van der Waals surface area contributed by atoms with Crippen LogP contribution in [-0.4, -0.2) is 0 Å². The van der Waals surface area contributed by atoms with Gasteiger partial charge in [0.1, 0.15) is 0 Å². The Morgan fingerprint density at radius 3 is 1.88 bits per heavy atom. The predicted octanol–water partition coefficient (Wildman–Crippen LogP) is 13.4. The number of anilines is 3. The van der Waals surface area contributed by atoms with E-state index in [1.54, 1.807) is 12.1 Å². The Bertz CT molecular complexity index is 2640. The van der Waals surface area contributed by atoms with Gasteiger partial charge >= 0.3 is 0 Å². The maximum atomic E-state index is 8.94. The molecule has 1 heteroatoms. The van der Waals surface area contributed by atoms with E-state index in [9.17, 15) is 0 Å². The maximum absolute atomic E-state index is 8.94. The van der Waals surface area contributed by atoms with Crippen molar-refractivity contribution in [3.8, 4) is 44.5 Å². The van der Waals surface area contributed by atoms with E-state index in [1.807, 2.05) is 48.5 Å². The van der Waals surface area contributed by atoms with Gasteiger partial charge in [0.25, 0.3) is 0 Å². The minimum atomic E-state index is -2.88. The first kappa shape index (κ1) is 24.5. The highest BCUT2D eigenvalue weighted by atomic mass is 15.1. The summed E-state index contributed by atoms with van der Waals surface area (Å²) in [4.78, 5) is 2.21. The zero-order valence-electron chi connectivity index (χ0n) is 34.5. The molecule has 2 aliphatic carbocycles. The van der Waals surface area contributed by atoms with Crippen LogP contribution in [0.5, 0.6) is 0 Å². The number of para-hydroxylation sites is 1. The Labute approximate surface area is 305 Å². The van der Waals surface area contributed by atoms with Crippen LogP contribution >= 0.6 is 0 Å². The molecule has 1 nitrogen and oxygen atoms in total. The molecule has 7 aromatic rings. The fourth-order valence-electron chi connectivity index (χ4n) is 8.24. The van der Waals surface area contributed by atoms with Crippen LogP contribution < -0.4 is 4.90 Å². The monoisotopic (exact) mass is 649 g/mol. The van der Waals surface area contributed by atoms with E-state index in [0.717, 1.165) is 50.3 Å². The van der Waals surface area contributed by atoms with Crippen molar-refractivity contribution in [2.24, 2.45) is 0 Å². The Balaban J connectivity index is 1.36. The maximum Gasteiger partial charge on any atom is 0.0543 e. The summed E-state index contributed by atoms with van der Waals surface area (Å²) in [5.41, 5.74) is 11.8. The van der Waals surface area contributed by atoms with Gasteiger partial charge in [0.15, 0.2) is 0 Å². The SMILES string of the molecule is [2H]C([2H])([2H])C1(C([2H])([2H])[2H])c2ccccc2-c2ccc(N(c3ccccc3-c3ccc(C)cc3)c3cccc4c3-c3cc(-c5ccccc5)ccc3C4(C)C)cc21. The average Bonchev–Trinajstić information content (AvgIpc) is 3.62. The second-order valence-corrected chi connectivity index (χ2v) is 14.2. The van der Waals surface area contributed by atoms with E-state index in [4.69, 9.17) is 8.22 Å². The third-order valence-electron chi connectivity index (χ3n) is 10.8. The molecule has 7 aromatic carbocycles. The molecule has 0 bridgehead atoms. The summed E-state index contributed by atoms with van der Waals surface area (Å²) in [5.74, 6) is 0. The Hall–Kier alpha value is -5.66. The van der Waals surface area contributed by atoms with Gasteiger partial charge in [-0.15, -0.1) is 0 Å². The molecule has 242 valence electrons. The quantitative estimate of drug-likeness (QED) is 0.179. The molecule has 0 fully saturated rings. The molecule has 0 unspecified atom stereocenters. The highest BCUT2D eigenvalue weighted by Crippen LogP contribution is 2.57. The molecule has 0 saturated carbocycles. The van der Waals surface area contributed by atoms with E-state index in [0.29, 0.717) is 22.4 Å². The van der Waals surface area contributed by atoms with Crippen molar-refractivity contribution in [2.45, 2.75) is 45.3 Å². The summed E-state index contributed by atoms with van der Waals surface area (Å²) in [6, 6.07) is 53.1. The Morgan fingerprint density at radius 1 is 0.440 bits per heavy atom. The van der Waals surface area contributed by atoms with E-state index >= 15 is 0 Å². The topological polar surface area (TPSA) is 3.24 Å². The van der Waals surface area contributed by atoms with Gasteiger partial charge in [-0.3, -0.25) is 0 Å². The summed E-state index contributed by atoms with van der Waals surface area (Å²) in [7, 11) is 0. The molecular weight excluding hydrogens is 603 g/mol. The highest BCUT2D eigenvalue weighted by molar-refractivity contribution is 5.99. The van der Waals surface area contributed by atoms with Gasteiger partial charge in [-0.2, -0.15) is 0 Å². The number of benzene rings is 7. The minimum Gasteiger partial charge on any atom is -0.309 e. The molecule has 50 heavy (non-hydrogen) atoms. The van der Waals surface area contributed by atoms with Gasteiger partial charge in [0, 0.05) is 35.9 Å². The molecule has 0 heterocycles. The van der Waals surface area contributed by atoms with E-state index < -0.39 is 19.1 Å². The standard InChI is InChI=1S/C49H41N/c1-32-22-24-34(25-23-32)37-16-10-12-20-45(37)50(36-27-28-39-38-17-9-11-18-41(38)49(4,5)44(39)31-36)46-21-13-19-43-47(46)40-30-35(33-14-7-6-8-15-33)26-29-42(40)48(43,2)3/h6-31H,1-5H3/i4D3,5D3. The summed E-state index contributed by atoms with van der Waals surface area (Å²) >= 11 is 0. The summed E-state index contributed by atoms with van der Waals surface area (Å²) in [6.45, 7) is 0.841. The molecule has 0 aliphatic heterocycles. The van der Waals surface area contributed by atoms with Gasteiger partial charge in [0.05, 0.1) is 11.4 Å². The van der Waals surface area contributed by atoms with Crippen molar-refractivity contribution in [3.63, 3.8) is 0 Å². The number of hydrogen-bond acceptors (Lipinski definition) is 1. The fourth-order valence-corrected chi connectivity index (χ4v) is 8.24. The van der Waals surface area contributed by atoms with Crippen LogP contribution in [0, 0.1) is 6.92 Å². The van der Waals surface area contributed by atoms with E-state index in [-0.39, 0.29) is 11.0 Å². The number of fused-ring (bicyclic) bond motifs is 6. The first-order valence-corrected chi connectivity index (χ1v) is 17.3. The molecule has 0 amide bonds. The average molecular weight is 650 g/mol. The molecule has 0 radical (unpaired) electrons. The first-order chi connectivity index (χ1) is 26.7. The van der Waals surface area contributed by atoms with Crippen molar-refractivity contribution < 1.29 is 8.22 Å². The molecule has 0 N–H and O–H groups in total. The van der Waals surface area contributed by atoms with Crippen LogP contribution in [-0.2, 0) is 10.8 Å². The van der Waals surface area contributed by atoms with Gasteiger partial charge < -0.3 is 4.90 Å². The minimum absolute atomic E-state index is 0.286. The lowest BCUT2D eigenvalue weighted by atomic mass is 9.82. The van der Waals surface area contributed by atoms with Gasteiger partial charge in [-0.25, -0.2) is 0 Å². The Kier molecular flexibility index (Phi) is 5.47. The van der Waals surface area contributed by atoms with Gasteiger partial charge in [-0.1, -0.05) is 161 Å². The molecular formula is C49H41N. The molecule has 0 spiro atoms. The lowest BCUT2D eigenvalue weighted by Gasteiger charge is -2.32. The molecule has 0 aromatic heterocycles. The third kappa shape index (κ3) is 4.53. The number of hydrogen-bond donors (Lipinski definition) is 0. The molecule has 9 rings (SSSR count). The van der Waals surface area contributed by atoms with Gasteiger partial charge in [0.2, 0.25) is 0 Å². The van der Waals surface area contributed by atoms with Crippen molar-refractivity contribution in [1.82, 2.24) is 0 Å².